The zero-order chi connectivity index (χ0) is 14.6. The number of hydrogen-bond donors (Lipinski definition) is 1. The van der Waals surface area contributed by atoms with Gasteiger partial charge in [0, 0.05) is 32.1 Å². The highest BCUT2D eigenvalue weighted by Crippen LogP contribution is 2.16. The maximum Gasteiger partial charge on any atom is 0.329 e. The molecule has 2 rings (SSSR count). The topological polar surface area (TPSA) is 67.6 Å². The third-order valence-corrected chi connectivity index (χ3v) is 3.51. The number of hydrogen-bond acceptors (Lipinski definition) is 4. The van der Waals surface area contributed by atoms with Gasteiger partial charge >= 0.3 is 6.03 Å². The molecule has 0 unspecified atom stereocenters. The average Bonchev–Trinajstić information content (AvgIpc) is 2.91. The Hall–Kier alpha value is -1.40. The fraction of sp³-hybridized carbons (Fsp3) is 0.714. The Balaban J connectivity index is 1.71. The van der Waals surface area contributed by atoms with E-state index in [0.29, 0.717) is 26.1 Å². The van der Waals surface area contributed by atoms with Gasteiger partial charge in [0.1, 0.15) is 6.33 Å². The van der Waals surface area contributed by atoms with E-state index >= 15 is 0 Å². The quantitative estimate of drug-likeness (QED) is 0.908. The molecule has 1 aromatic rings. The third-order valence-electron chi connectivity index (χ3n) is 3.51. The molecule has 6 heteroatoms. The van der Waals surface area contributed by atoms with Gasteiger partial charge in [-0.05, 0) is 33.1 Å². The smallest absolute Gasteiger partial charge is 0.329 e. The molecule has 6 nitrogen and oxygen atoms in total. The first kappa shape index (κ1) is 15.0. The van der Waals surface area contributed by atoms with Crippen molar-refractivity contribution in [2.45, 2.75) is 44.8 Å². The van der Waals surface area contributed by atoms with E-state index in [4.69, 9.17) is 4.74 Å². The molecule has 1 aliphatic heterocycles. The molecule has 1 saturated heterocycles. The minimum Gasteiger partial charge on any atom is -0.390 e. The summed E-state index contributed by atoms with van der Waals surface area (Å²) >= 11 is 0. The predicted molar refractivity (Wildman–Crippen MR) is 74.5 cm³/mol. The third kappa shape index (κ3) is 4.31. The summed E-state index contributed by atoms with van der Waals surface area (Å²) in [6.45, 7) is 5.52. The molecule has 0 saturated carbocycles. The number of likely N-dealkylation sites (tertiary alicyclic amines) is 1. The van der Waals surface area contributed by atoms with Gasteiger partial charge in [0.15, 0.2) is 0 Å². The van der Waals surface area contributed by atoms with E-state index in [1.54, 1.807) is 26.2 Å². The van der Waals surface area contributed by atoms with E-state index in [-0.39, 0.29) is 12.1 Å². The predicted octanol–water partition coefficient (Wildman–Crippen LogP) is 1.49. The summed E-state index contributed by atoms with van der Waals surface area (Å²) in [5.41, 5.74) is -0.682. The van der Waals surface area contributed by atoms with Crippen LogP contribution < -0.4 is 0 Å². The van der Waals surface area contributed by atoms with Crippen LogP contribution in [0.1, 0.15) is 33.1 Å². The highest BCUT2D eigenvalue weighted by Gasteiger charge is 2.24. The van der Waals surface area contributed by atoms with Gasteiger partial charge in [0.2, 0.25) is 0 Å². The number of aromatic nitrogens is 2. The number of nitrogens with zero attached hydrogens (tertiary/aromatic N) is 3. The molecule has 0 radical (unpaired) electrons. The number of carbonyl (C=O) groups is 1. The fourth-order valence-corrected chi connectivity index (χ4v) is 2.22. The van der Waals surface area contributed by atoms with Gasteiger partial charge in [-0.3, -0.25) is 4.57 Å². The van der Waals surface area contributed by atoms with E-state index in [0.717, 1.165) is 12.8 Å². The van der Waals surface area contributed by atoms with Crippen molar-refractivity contribution in [3.05, 3.63) is 18.7 Å². The minimum absolute atomic E-state index is 0.0301. The van der Waals surface area contributed by atoms with Gasteiger partial charge in [-0.1, -0.05) is 0 Å². The lowest BCUT2D eigenvalue weighted by molar-refractivity contribution is -0.0199. The SMILES string of the molecule is CC(C)(O)CCOC1CCN(C(=O)n2ccnc2)CC1. The average molecular weight is 281 g/mol. The summed E-state index contributed by atoms with van der Waals surface area (Å²) in [5, 5.41) is 9.63. The van der Waals surface area contributed by atoms with Crippen LogP contribution in [0, 0.1) is 0 Å². The first-order valence-electron chi connectivity index (χ1n) is 7.07. The lowest BCUT2D eigenvalue weighted by atomic mass is 10.1. The summed E-state index contributed by atoms with van der Waals surface area (Å²) in [7, 11) is 0. The Morgan fingerprint density at radius 1 is 1.45 bits per heavy atom. The van der Waals surface area contributed by atoms with Gasteiger partial charge < -0.3 is 14.7 Å². The van der Waals surface area contributed by atoms with Crippen LogP contribution in [0.2, 0.25) is 0 Å². The first-order valence-corrected chi connectivity index (χ1v) is 7.07. The Morgan fingerprint density at radius 3 is 2.70 bits per heavy atom. The summed E-state index contributed by atoms with van der Waals surface area (Å²) in [4.78, 5) is 17.8. The number of piperidine rings is 1. The monoisotopic (exact) mass is 281 g/mol. The van der Waals surface area contributed by atoms with Gasteiger partial charge in [-0.25, -0.2) is 9.78 Å². The van der Waals surface area contributed by atoms with Crippen LogP contribution in [-0.2, 0) is 4.74 Å². The molecule has 0 aliphatic carbocycles. The summed E-state index contributed by atoms with van der Waals surface area (Å²) in [6, 6.07) is -0.0301. The lowest BCUT2D eigenvalue weighted by Crippen LogP contribution is -2.42. The molecule has 0 atom stereocenters. The molecule has 112 valence electrons. The molecule has 0 spiro atoms. The fourth-order valence-electron chi connectivity index (χ4n) is 2.22. The molecular weight excluding hydrogens is 258 g/mol. The van der Waals surface area contributed by atoms with Crippen molar-refractivity contribution in [2.75, 3.05) is 19.7 Å². The second kappa shape index (κ2) is 6.37. The van der Waals surface area contributed by atoms with Crippen LogP contribution in [0.3, 0.4) is 0 Å². The number of rotatable bonds is 4. The standard InChI is InChI=1S/C14H23N3O3/c1-14(2,19)5-10-20-12-3-7-16(8-4-12)13(18)17-9-6-15-11-17/h6,9,11-12,19H,3-5,7-8,10H2,1-2H3. The Labute approximate surface area is 119 Å². The van der Waals surface area contributed by atoms with E-state index < -0.39 is 5.60 Å². The number of carbonyl (C=O) groups excluding carboxylic acids is 1. The maximum atomic E-state index is 12.1. The van der Waals surface area contributed by atoms with Crippen LogP contribution in [0.5, 0.6) is 0 Å². The largest absolute Gasteiger partial charge is 0.390 e. The summed E-state index contributed by atoms with van der Waals surface area (Å²) in [5.74, 6) is 0. The molecule has 1 aliphatic rings. The zero-order valence-electron chi connectivity index (χ0n) is 12.2. The van der Waals surface area contributed by atoms with Crippen molar-refractivity contribution in [3.63, 3.8) is 0 Å². The Bertz CT molecular complexity index is 417. The van der Waals surface area contributed by atoms with E-state index in [1.165, 1.54) is 10.9 Å². The zero-order valence-corrected chi connectivity index (χ0v) is 12.2. The van der Waals surface area contributed by atoms with Gasteiger partial charge in [0.25, 0.3) is 0 Å². The highest BCUT2D eigenvalue weighted by atomic mass is 16.5. The van der Waals surface area contributed by atoms with Crippen LogP contribution in [-0.4, -0.2) is 57.0 Å². The second-order valence-electron chi connectivity index (χ2n) is 5.87. The van der Waals surface area contributed by atoms with Crippen LogP contribution in [0.25, 0.3) is 0 Å². The van der Waals surface area contributed by atoms with Gasteiger partial charge in [-0.15, -0.1) is 0 Å². The molecule has 0 aromatic carbocycles. The van der Waals surface area contributed by atoms with Crippen molar-refractivity contribution in [2.24, 2.45) is 0 Å². The molecular formula is C14H23N3O3. The van der Waals surface area contributed by atoms with Crippen molar-refractivity contribution < 1.29 is 14.6 Å². The van der Waals surface area contributed by atoms with Gasteiger partial charge in [0.05, 0.1) is 11.7 Å². The number of aliphatic hydroxyl groups is 1. The van der Waals surface area contributed by atoms with Crippen LogP contribution in [0.15, 0.2) is 18.7 Å². The Kier molecular flexibility index (Phi) is 4.77. The lowest BCUT2D eigenvalue weighted by Gasteiger charge is -2.32. The van der Waals surface area contributed by atoms with Crippen molar-refractivity contribution >= 4 is 6.03 Å². The molecule has 20 heavy (non-hydrogen) atoms. The maximum absolute atomic E-state index is 12.1. The molecule has 1 N–H and O–H groups in total. The van der Waals surface area contributed by atoms with Crippen LogP contribution >= 0.6 is 0 Å². The van der Waals surface area contributed by atoms with E-state index in [1.807, 2.05) is 4.90 Å². The number of ether oxygens (including phenoxy) is 1. The molecule has 1 fully saturated rings. The molecule has 1 amide bonds. The molecule has 1 aromatic heterocycles. The van der Waals surface area contributed by atoms with Crippen LogP contribution in [0.4, 0.5) is 4.79 Å². The van der Waals surface area contributed by atoms with Gasteiger partial charge in [-0.2, -0.15) is 0 Å². The van der Waals surface area contributed by atoms with Crippen molar-refractivity contribution in [3.8, 4) is 0 Å². The number of imidazole rings is 1. The summed E-state index contributed by atoms with van der Waals surface area (Å²) < 4.78 is 7.26. The first-order chi connectivity index (χ1) is 9.46. The van der Waals surface area contributed by atoms with E-state index in [9.17, 15) is 9.90 Å². The Morgan fingerprint density at radius 2 is 2.15 bits per heavy atom. The second-order valence-corrected chi connectivity index (χ2v) is 5.87. The summed E-state index contributed by atoms with van der Waals surface area (Å²) in [6.07, 6.45) is 7.27. The molecule has 2 heterocycles. The molecule has 0 bridgehead atoms. The normalized spacial score (nSPS) is 17.4. The van der Waals surface area contributed by atoms with Crippen molar-refractivity contribution in [1.29, 1.82) is 0 Å². The van der Waals surface area contributed by atoms with Crippen molar-refractivity contribution in [1.82, 2.24) is 14.5 Å². The van der Waals surface area contributed by atoms with E-state index in [2.05, 4.69) is 4.98 Å². The highest BCUT2D eigenvalue weighted by molar-refractivity contribution is 5.76. The number of amides is 1. The minimum atomic E-state index is -0.682.